The summed E-state index contributed by atoms with van der Waals surface area (Å²) in [4.78, 5) is 0. The summed E-state index contributed by atoms with van der Waals surface area (Å²) in [7, 11) is 0. The van der Waals surface area contributed by atoms with E-state index in [4.69, 9.17) is 0 Å². The molecule has 0 unspecified atom stereocenters. The molecule has 0 spiro atoms. The molecular weight excluding hydrogens is 294 g/mol. The maximum atomic E-state index is 12.2. The summed E-state index contributed by atoms with van der Waals surface area (Å²) in [6.07, 6.45) is -5.38. The van der Waals surface area contributed by atoms with Crippen LogP contribution in [-0.2, 0) is 0 Å². The molecule has 0 aliphatic heterocycles. The van der Waals surface area contributed by atoms with Crippen molar-refractivity contribution in [1.29, 1.82) is 0 Å². The molecule has 0 aliphatic rings. The Morgan fingerprint density at radius 3 is 1.92 bits per heavy atom. The Kier molecular flexibility index (Phi) is 3.92. The molecule has 0 rings (SSSR count). The van der Waals surface area contributed by atoms with Crippen LogP contribution in [0.25, 0.3) is 0 Å². The predicted molar refractivity (Wildman–Crippen MR) is 43.4 cm³/mol. The Morgan fingerprint density at radius 1 is 1.25 bits per heavy atom. The predicted octanol–water partition coefficient (Wildman–Crippen LogP) is 3.91. The fraction of sp³-hybridized carbons (Fsp3) is 0.667. The van der Waals surface area contributed by atoms with Gasteiger partial charge >= 0.3 is 12.1 Å². The van der Waals surface area contributed by atoms with E-state index in [1.54, 1.807) is 0 Å². The summed E-state index contributed by atoms with van der Waals surface area (Å²) in [6, 6.07) is 0. The first-order valence-electron chi connectivity index (χ1n) is 3.02. The third kappa shape index (κ3) is 3.24. The molecule has 0 bridgehead atoms. The van der Waals surface area contributed by atoms with Crippen LogP contribution in [0.15, 0.2) is 9.66 Å². The summed E-state index contributed by atoms with van der Waals surface area (Å²) in [5.74, 6) is -4.71. The fourth-order valence-corrected chi connectivity index (χ4v) is 0.772. The highest BCUT2D eigenvalue weighted by Crippen LogP contribution is 2.38. The second-order valence-electron chi connectivity index (χ2n) is 2.07. The maximum Gasteiger partial charge on any atom is 0.457 e. The lowest BCUT2D eigenvalue weighted by Crippen LogP contribution is -2.34. The molecule has 0 aliphatic carbocycles. The number of alkyl halides is 5. The molecule has 0 aromatic carbocycles. The van der Waals surface area contributed by atoms with Gasteiger partial charge in [-0.05, 0) is 32.6 Å². The Bertz CT molecular complexity index is 181. The zero-order valence-electron chi connectivity index (χ0n) is 6.05. The van der Waals surface area contributed by atoms with Crippen molar-refractivity contribution in [2.45, 2.75) is 25.4 Å². The standard InChI is InChI=1S/C6H6F5I/c1-2-4(12)3-5(7,8)6(9,10)11/h3H,2H2,1H3. The van der Waals surface area contributed by atoms with Crippen molar-refractivity contribution in [2.24, 2.45) is 0 Å². The van der Waals surface area contributed by atoms with Gasteiger partial charge in [0.1, 0.15) is 0 Å². The van der Waals surface area contributed by atoms with Gasteiger partial charge in [0.25, 0.3) is 0 Å². The minimum absolute atomic E-state index is 0.00470. The van der Waals surface area contributed by atoms with Crippen LogP contribution in [0.1, 0.15) is 13.3 Å². The van der Waals surface area contributed by atoms with E-state index in [2.05, 4.69) is 0 Å². The van der Waals surface area contributed by atoms with E-state index in [0.29, 0.717) is 0 Å². The Hall–Kier alpha value is 0.120. The van der Waals surface area contributed by atoms with Crippen LogP contribution in [0.3, 0.4) is 0 Å². The number of allylic oxidation sites excluding steroid dienone is 2. The lowest BCUT2D eigenvalue weighted by molar-refractivity contribution is -0.259. The van der Waals surface area contributed by atoms with Crippen molar-refractivity contribution < 1.29 is 22.0 Å². The molecule has 72 valence electrons. The molecule has 0 saturated heterocycles. The first-order chi connectivity index (χ1) is 5.20. The molecule has 6 heteroatoms. The summed E-state index contributed by atoms with van der Waals surface area (Å²) >= 11 is 1.45. The van der Waals surface area contributed by atoms with Crippen LogP contribution in [0.5, 0.6) is 0 Å². The van der Waals surface area contributed by atoms with E-state index in [1.807, 2.05) is 0 Å². The molecule has 0 aromatic heterocycles. The van der Waals surface area contributed by atoms with Crippen LogP contribution in [0, 0.1) is 0 Å². The van der Waals surface area contributed by atoms with Crippen molar-refractivity contribution in [3.05, 3.63) is 9.66 Å². The lowest BCUT2D eigenvalue weighted by atomic mass is 10.3. The molecule has 0 aromatic rings. The van der Waals surface area contributed by atoms with Gasteiger partial charge in [-0.3, -0.25) is 0 Å². The van der Waals surface area contributed by atoms with E-state index in [0.717, 1.165) is 0 Å². The van der Waals surface area contributed by atoms with Crippen LogP contribution in [-0.4, -0.2) is 12.1 Å². The van der Waals surface area contributed by atoms with Crippen LogP contribution < -0.4 is 0 Å². The van der Waals surface area contributed by atoms with Gasteiger partial charge in [0.2, 0.25) is 0 Å². The SMILES string of the molecule is CCC(I)=CC(F)(F)C(F)(F)F. The van der Waals surface area contributed by atoms with Gasteiger partial charge in [-0.25, -0.2) is 0 Å². The minimum atomic E-state index is -5.49. The molecule has 0 atom stereocenters. The van der Waals surface area contributed by atoms with Gasteiger partial charge in [-0.1, -0.05) is 6.92 Å². The van der Waals surface area contributed by atoms with Gasteiger partial charge in [-0.15, -0.1) is 0 Å². The second-order valence-corrected chi connectivity index (χ2v) is 3.45. The lowest BCUT2D eigenvalue weighted by Gasteiger charge is -2.15. The molecule has 0 fully saturated rings. The fourth-order valence-electron chi connectivity index (χ4n) is 0.381. The smallest absolute Gasteiger partial charge is 0.191 e. The Morgan fingerprint density at radius 2 is 1.67 bits per heavy atom. The topological polar surface area (TPSA) is 0 Å². The minimum Gasteiger partial charge on any atom is -0.191 e. The molecule has 0 nitrogen and oxygen atoms in total. The molecule has 0 heterocycles. The van der Waals surface area contributed by atoms with E-state index < -0.39 is 12.1 Å². The molecule has 0 N–H and O–H groups in total. The summed E-state index contributed by atoms with van der Waals surface area (Å²) in [5, 5.41) is 0. The zero-order valence-corrected chi connectivity index (χ0v) is 8.21. The number of halogens is 6. The van der Waals surface area contributed by atoms with E-state index in [9.17, 15) is 22.0 Å². The molecule has 0 amide bonds. The molecule has 0 saturated carbocycles. The van der Waals surface area contributed by atoms with Crippen molar-refractivity contribution in [3.8, 4) is 0 Å². The van der Waals surface area contributed by atoms with E-state index in [1.165, 1.54) is 29.5 Å². The molecular formula is C6H6F5I. The first kappa shape index (κ1) is 12.1. The van der Waals surface area contributed by atoms with Crippen LogP contribution >= 0.6 is 22.6 Å². The number of hydrogen-bond donors (Lipinski definition) is 0. The van der Waals surface area contributed by atoms with Gasteiger partial charge < -0.3 is 0 Å². The normalized spacial score (nSPS) is 15.1. The number of rotatable bonds is 2. The third-order valence-corrected chi connectivity index (χ3v) is 2.13. The quantitative estimate of drug-likeness (QED) is 0.536. The van der Waals surface area contributed by atoms with Crippen molar-refractivity contribution in [2.75, 3.05) is 0 Å². The first-order valence-corrected chi connectivity index (χ1v) is 4.10. The van der Waals surface area contributed by atoms with Crippen LogP contribution in [0.4, 0.5) is 22.0 Å². The maximum absolute atomic E-state index is 12.2. The van der Waals surface area contributed by atoms with Crippen molar-refractivity contribution in [3.63, 3.8) is 0 Å². The second kappa shape index (κ2) is 3.89. The van der Waals surface area contributed by atoms with E-state index >= 15 is 0 Å². The highest BCUT2D eigenvalue weighted by molar-refractivity contribution is 14.1. The average Bonchev–Trinajstić information content (AvgIpc) is 1.84. The summed E-state index contributed by atoms with van der Waals surface area (Å²) < 4.78 is 58.9. The summed E-state index contributed by atoms with van der Waals surface area (Å²) in [6.45, 7) is 1.50. The molecule has 12 heavy (non-hydrogen) atoms. The van der Waals surface area contributed by atoms with Gasteiger partial charge in [0, 0.05) is 6.08 Å². The highest BCUT2D eigenvalue weighted by Gasteiger charge is 2.55. The number of hydrogen-bond acceptors (Lipinski definition) is 0. The third-order valence-electron chi connectivity index (χ3n) is 1.05. The Labute approximate surface area is 80.0 Å². The van der Waals surface area contributed by atoms with Crippen LogP contribution in [0.2, 0.25) is 0 Å². The monoisotopic (exact) mass is 300 g/mol. The summed E-state index contributed by atoms with van der Waals surface area (Å²) in [5.41, 5.74) is 0. The van der Waals surface area contributed by atoms with Crippen molar-refractivity contribution >= 4 is 22.6 Å². The molecule has 0 radical (unpaired) electrons. The average molecular weight is 300 g/mol. The highest BCUT2D eigenvalue weighted by atomic mass is 127. The largest absolute Gasteiger partial charge is 0.457 e. The van der Waals surface area contributed by atoms with Gasteiger partial charge in [0.05, 0.1) is 0 Å². The Balaban J connectivity index is 4.64. The van der Waals surface area contributed by atoms with Gasteiger partial charge in [-0.2, -0.15) is 22.0 Å². The van der Waals surface area contributed by atoms with E-state index in [-0.39, 0.29) is 16.1 Å². The zero-order chi connectivity index (χ0) is 9.99. The van der Waals surface area contributed by atoms with Crippen molar-refractivity contribution in [1.82, 2.24) is 0 Å². The van der Waals surface area contributed by atoms with Gasteiger partial charge in [0.15, 0.2) is 0 Å².